The zero-order valence-corrected chi connectivity index (χ0v) is 17.4. The number of anilines is 1. The fraction of sp³-hybridized carbons (Fsp3) is 0.318. The molecule has 0 unspecified atom stereocenters. The number of rotatable bonds is 4. The van der Waals surface area contributed by atoms with Crippen LogP contribution in [0.4, 0.5) is 18.9 Å². The van der Waals surface area contributed by atoms with Gasteiger partial charge in [-0.2, -0.15) is 13.2 Å². The van der Waals surface area contributed by atoms with Crippen molar-refractivity contribution in [3.63, 3.8) is 0 Å². The van der Waals surface area contributed by atoms with E-state index in [1.165, 1.54) is 18.2 Å². The Labute approximate surface area is 185 Å². The number of nitrogens with one attached hydrogen (secondary N) is 3. The predicted molar refractivity (Wildman–Crippen MR) is 117 cm³/mol. The average Bonchev–Trinajstić information content (AvgIpc) is 3.34. The van der Waals surface area contributed by atoms with Crippen LogP contribution in [0.2, 0.25) is 0 Å². The molecule has 3 heterocycles. The van der Waals surface area contributed by atoms with Gasteiger partial charge < -0.3 is 15.3 Å². The Kier molecular flexibility index (Phi) is 5.20. The van der Waals surface area contributed by atoms with Crippen LogP contribution in [0.3, 0.4) is 0 Å². The maximum atomic E-state index is 12.8. The molecule has 172 valence electrons. The van der Waals surface area contributed by atoms with Gasteiger partial charge in [0.25, 0.3) is 0 Å². The lowest BCUT2D eigenvalue weighted by molar-refractivity contribution is -0.144. The predicted octanol–water partition coefficient (Wildman–Crippen LogP) is 3.50. The first kappa shape index (κ1) is 21.3. The summed E-state index contributed by atoms with van der Waals surface area (Å²) in [5.41, 5.74) is 2.32. The van der Waals surface area contributed by atoms with E-state index >= 15 is 0 Å². The number of hydrogen-bond acceptors (Lipinski definition) is 4. The minimum absolute atomic E-state index is 0.0542. The molecule has 2 aromatic carbocycles. The lowest BCUT2D eigenvalue weighted by atomic mass is 10.0. The van der Waals surface area contributed by atoms with Crippen molar-refractivity contribution in [2.75, 3.05) is 25.0 Å². The zero-order chi connectivity index (χ0) is 23.2. The van der Waals surface area contributed by atoms with Crippen LogP contribution in [0.1, 0.15) is 24.7 Å². The molecule has 33 heavy (non-hydrogen) atoms. The van der Waals surface area contributed by atoms with E-state index in [4.69, 9.17) is 0 Å². The molecule has 0 radical (unpaired) electrons. The van der Waals surface area contributed by atoms with Gasteiger partial charge in [0.1, 0.15) is 0 Å². The van der Waals surface area contributed by atoms with Gasteiger partial charge in [0.05, 0.1) is 28.6 Å². The van der Waals surface area contributed by atoms with Crippen molar-refractivity contribution in [3.05, 3.63) is 58.8 Å². The average molecular weight is 458 g/mol. The molecule has 0 aliphatic carbocycles. The van der Waals surface area contributed by atoms with E-state index in [9.17, 15) is 22.8 Å². The second-order valence-electron chi connectivity index (χ2n) is 8.19. The molecule has 3 N–H and O–H groups in total. The first-order valence-corrected chi connectivity index (χ1v) is 10.6. The molecule has 4 aromatic rings. The molecule has 1 aliphatic rings. The molecule has 1 aliphatic heterocycles. The van der Waals surface area contributed by atoms with E-state index in [-0.39, 0.29) is 35.2 Å². The Morgan fingerprint density at radius 3 is 2.61 bits per heavy atom. The SMILES string of the molecule is O=C(CN1CCC(n2c(=O)[nH]c3ccccc32)CC1)Nc1ccc2nc(C(F)(F)F)[nH]c2c1. The van der Waals surface area contributed by atoms with Crippen LogP contribution in [0, 0.1) is 0 Å². The molecule has 1 amide bonds. The standard InChI is InChI=1S/C22H21F3N6O2/c23-22(24,25)20-27-15-6-5-13(11-17(15)28-20)26-19(32)12-30-9-7-14(8-10-30)31-18-4-2-1-3-16(18)29-21(31)33/h1-6,11,14H,7-10,12H2,(H,26,32)(H,27,28)(H,29,33). The Hall–Kier alpha value is -3.60. The first-order valence-electron chi connectivity index (χ1n) is 10.6. The maximum absolute atomic E-state index is 12.8. The molecule has 8 nitrogen and oxygen atoms in total. The van der Waals surface area contributed by atoms with E-state index in [0.717, 1.165) is 23.9 Å². The summed E-state index contributed by atoms with van der Waals surface area (Å²) in [5, 5.41) is 2.73. The van der Waals surface area contributed by atoms with E-state index in [1.54, 1.807) is 4.57 Å². The second kappa shape index (κ2) is 8.07. The van der Waals surface area contributed by atoms with E-state index in [1.807, 2.05) is 29.2 Å². The number of hydrogen-bond donors (Lipinski definition) is 3. The smallest absolute Gasteiger partial charge is 0.334 e. The third-order valence-corrected chi connectivity index (χ3v) is 5.95. The minimum Gasteiger partial charge on any atom is -0.334 e. The van der Waals surface area contributed by atoms with Crippen LogP contribution in [0.5, 0.6) is 0 Å². The molecule has 0 spiro atoms. The fourth-order valence-corrected chi connectivity index (χ4v) is 4.40. The highest BCUT2D eigenvalue weighted by Crippen LogP contribution is 2.29. The van der Waals surface area contributed by atoms with Crippen LogP contribution in [0.15, 0.2) is 47.3 Å². The van der Waals surface area contributed by atoms with Gasteiger partial charge >= 0.3 is 11.9 Å². The molecule has 1 saturated heterocycles. The number of imidazole rings is 2. The number of aromatic nitrogens is 4. The molecule has 0 atom stereocenters. The van der Waals surface area contributed by atoms with Gasteiger partial charge in [-0.25, -0.2) is 9.78 Å². The minimum atomic E-state index is -4.56. The highest BCUT2D eigenvalue weighted by molar-refractivity contribution is 5.94. The molecule has 0 saturated carbocycles. The lowest BCUT2D eigenvalue weighted by Crippen LogP contribution is -2.40. The normalized spacial score (nSPS) is 16.0. The summed E-state index contributed by atoms with van der Waals surface area (Å²) >= 11 is 0. The number of fused-ring (bicyclic) bond motifs is 2. The van der Waals surface area contributed by atoms with Crippen LogP contribution in [-0.4, -0.2) is 50.0 Å². The Morgan fingerprint density at radius 1 is 1.09 bits per heavy atom. The fourth-order valence-electron chi connectivity index (χ4n) is 4.40. The number of alkyl halides is 3. The van der Waals surface area contributed by atoms with Crippen molar-refractivity contribution in [1.29, 1.82) is 0 Å². The Balaban J connectivity index is 1.20. The van der Waals surface area contributed by atoms with Crippen LogP contribution < -0.4 is 11.0 Å². The van der Waals surface area contributed by atoms with E-state index < -0.39 is 12.0 Å². The highest BCUT2D eigenvalue weighted by Gasteiger charge is 2.34. The van der Waals surface area contributed by atoms with Crippen molar-refractivity contribution in [3.8, 4) is 0 Å². The lowest BCUT2D eigenvalue weighted by Gasteiger charge is -2.32. The summed E-state index contributed by atoms with van der Waals surface area (Å²) in [6.07, 6.45) is -3.10. The number of benzene rings is 2. The molecular formula is C22H21F3N6O2. The first-order chi connectivity index (χ1) is 15.8. The summed E-state index contributed by atoms with van der Waals surface area (Å²) in [5.74, 6) is -1.33. The third-order valence-electron chi connectivity index (χ3n) is 5.95. The Bertz CT molecular complexity index is 1380. The number of likely N-dealkylation sites (tertiary alicyclic amines) is 1. The number of aromatic amines is 2. The van der Waals surface area contributed by atoms with Gasteiger partial charge in [-0.05, 0) is 43.2 Å². The van der Waals surface area contributed by atoms with Crippen molar-refractivity contribution in [2.24, 2.45) is 0 Å². The number of amides is 1. The van der Waals surface area contributed by atoms with Crippen molar-refractivity contribution >= 4 is 33.7 Å². The molecular weight excluding hydrogens is 437 g/mol. The molecule has 5 rings (SSSR count). The van der Waals surface area contributed by atoms with Crippen LogP contribution in [-0.2, 0) is 11.0 Å². The van der Waals surface area contributed by atoms with Crippen LogP contribution >= 0.6 is 0 Å². The number of para-hydroxylation sites is 2. The number of nitrogens with zero attached hydrogens (tertiary/aromatic N) is 3. The summed E-state index contributed by atoms with van der Waals surface area (Å²) in [6, 6.07) is 12.0. The van der Waals surface area contributed by atoms with Gasteiger partial charge in [-0.3, -0.25) is 14.3 Å². The summed E-state index contributed by atoms with van der Waals surface area (Å²) < 4.78 is 40.3. The van der Waals surface area contributed by atoms with Gasteiger partial charge in [0, 0.05) is 24.8 Å². The quantitative estimate of drug-likeness (QED) is 0.436. The number of carbonyl (C=O) groups excluding carboxylic acids is 1. The van der Waals surface area contributed by atoms with Gasteiger partial charge in [0.2, 0.25) is 11.7 Å². The van der Waals surface area contributed by atoms with E-state index in [0.29, 0.717) is 18.8 Å². The topological polar surface area (TPSA) is 98.8 Å². The maximum Gasteiger partial charge on any atom is 0.449 e. The monoisotopic (exact) mass is 458 g/mol. The third kappa shape index (κ3) is 4.23. The van der Waals surface area contributed by atoms with Crippen molar-refractivity contribution in [1.82, 2.24) is 24.4 Å². The summed E-state index contributed by atoms with van der Waals surface area (Å²) in [6.45, 7) is 1.46. The largest absolute Gasteiger partial charge is 0.449 e. The summed E-state index contributed by atoms with van der Waals surface area (Å²) in [7, 11) is 0. The van der Waals surface area contributed by atoms with Crippen molar-refractivity contribution < 1.29 is 18.0 Å². The number of H-pyrrole nitrogens is 2. The van der Waals surface area contributed by atoms with Gasteiger partial charge in [-0.15, -0.1) is 0 Å². The van der Waals surface area contributed by atoms with Gasteiger partial charge in [0.15, 0.2) is 0 Å². The Morgan fingerprint density at radius 2 is 1.85 bits per heavy atom. The number of piperidine rings is 1. The zero-order valence-electron chi connectivity index (χ0n) is 17.4. The van der Waals surface area contributed by atoms with E-state index in [2.05, 4.69) is 20.3 Å². The van der Waals surface area contributed by atoms with Gasteiger partial charge in [-0.1, -0.05) is 12.1 Å². The molecule has 2 aromatic heterocycles. The second-order valence-corrected chi connectivity index (χ2v) is 8.19. The number of carbonyl (C=O) groups is 1. The molecule has 0 bridgehead atoms. The number of halogens is 3. The van der Waals surface area contributed by atoms with Crippen molar-refractivity contribution in [2.45, 2.75) is 25.1 Å². The van der Waals surface area contributed by atoms with Crippen LogP contribution in [0.25, 0.3) is 22.1 Å². The molecule has 11 heteroatoms. The molecule has 1 fully saturated rings. The summed E-state index contributed by atoms with van der Waals surface area (Å²) in [4.78, 5) is 35.6. The highest BCUT2D eigenvalue weighted by atomic mass is 19.4.